The van der Waals surface area contributed by atoms with Gasteiger partial charge in [0.05, 0.1) is 11.4 Å². The maximum absolute atomic E-state index is 4.41. The molecule has 2 rings (SSSR count). The minimum atomic E-state index is 0.163. The summed E-state index contributed by atoms with van der Waals surface area (Å²) in [6, 6.07) is 8.67. The van der Waals surface area contributed by atoms with Gasteiger partial charge in [0.25, 0.3) is 0 Å². The molecule has 0 bridgehead atoms. The number of aryl methyl sites for hydroxylation is 1. The highest BCUT2D eigenvalue weighted by Gasteiger charge is 2.15. The number of benzene rings is 1. The van der Waals surface area contributed by atoms with E-state index in [4.69, 9.17) is 0 Å². The van der Waals surface area contributed by atoms with Crippen LogP contribution in [-0.4, -0.2) is 9.97 Å². The van der Waals surface area contributed by atoms with Crippen molar-refractivity contribution in [3.63, 3.8) is 0 Å². The van der Waals surface area contributed by atoms with Gasteiger partial charge < -0.3 is 5.32 Å². The lowest BCUT2D eigenvalue weighted by Gasteiger charge is -2.21. The van der Waals surface area contributed by atoms with Gasteiger partial charge in [0.15, 0.2) is 0 Å². The van der Waals surface area contributed by atoms with E-state index in [1.54, 1.807) is 12.4 Å². The molecule has 1 unspecified atom stereocenters. The molecular weight excluding hydrogens is 302 g/mol. The summed E-state index contributed by atoms with van der Waals surface area (Å²) in [6.07, 6.45) is 3.46. The van der Waals surface area contributed by atoms with Crippen molar-refractivity contribution in [3.05, 3.63) is 58.1 Å². The standard InChI is InChI=1S/C15H18BrN3/c1-10(13-6-4-5-7-14(13)16)19-12(3)15-11(2)17-8-9-18-15/h4-10,12,19H,1-3H3/t10-,12?/m0/s1. The van der Waals surface area contributed by atoms with Crippen LogP contribution in [0.4, 0.5) is 0 Å². The van der Waals surface area contributed by atoms with Crippen LogP contribution in [0, 0.1) is 6.92 Å². The molecule has 100 valence electrons. The molecule has 0 fully saturated rings. The summed E-state index contributed by atoms with van der Waals surface area (Å²) in [5.74, 6) is 0. The van der Waals surface area contributed by atoms with Gasteiger partial charge in [-0.05, 0) is 32.4 Å². The monoisotopic (exact) mass is 319 g/mol. The van der Waals surface area contributed by atoms with Crippen molar-refractivity contribution in [1.29, 1.82) is 0 Å². The molecule has 0 saturated carbocycles. The van der Waals surface area contributed by atoms with Gasteiger partial charge in [0.2, 0.25) is 0 Å². The SMILES string of the molecule is Cc1nccnc1C(C)N[C@@H](C)c1ccccc1Br. The van der Waals surface area contributed by atoms with Gasteiger partial charge in [-0.25, -0.2) is 0 Å². The smallest absolute Gasteiger partial charge is 0.0782 e. The molecule has 2 atom stereocenters. The zero-order valence-electron chi connectivity index (χ0n) is 11.4. The highest BCUT2D eigenvalue weighted by Crippen LogP contribution is 2.25. The molecule has 19 heavy (non-hydrogen) atoms. The summed E-state index contributed by atoms with van der Waals surface area (Å²) >= 11 is 3.59. The third-order valence-corrected chi connectivity index (χ3v) is 3.92. The van der Waals surface area contributed by atoms with Gasteiger partial charge in [0, 0.05) is 29.0 Å². The summed E-state index contributed by atoms with van der Waals surface area (Å²) in [5.41, 5.74) is 3.22. The number of nitrogens with zero attached hydrogens (tertiary/aromatic N) is 2. The second kappa shape index (κ2) is 6.26. The number of halogens is 1. The van der Waals surface area contributed by atoms with Crippen LogP contribution in [0.3, 0.4) is 0 Å². The molecule has 1 aromatic heterocycles. The van der Waals surface area contributed by atoms with Crippen molar-refractivity contribution < 1.29 is 0 Å². The third kappa shape index (κ3) is 3.39. The quantitative estimate of drug-likeness (QED) is 0.926. The summed E-state index contributed by atoms with van der Waals surface area (Å²) in [4.78, 5) is 8.70. The molecule has 0 aliphatic carbocycles. The van der Waals surface area contributed by atoms with Gasteiger partial charge in [-0.3, -0.25) is 9.97 Å². The average molecular weight is 320 g/mol. The van der Waals surface area contributed by atoms with E-state index in [0.717, 1.165) is 15.9 Å². The van der Waals surface area contributed by atoms with Crippen LogP contribution in [-0.2, 0) is 0 Å². The lowest BCUT2D eigenvalue weighted by molar-refractivity contribution is 0.482. The van der Waals surface area contributed by atoms with E-state index in [1.165, 1.54) is 5.56 Å². The fraction of sp³-hybridized carbons (Fsp3) is 0.333. The molecule has 4 heteroatoms. The zero-order valence-corrected chi connectivity index (χ0v) is 13.0. The lowest BCUT2D eigenvalue weighted by atomic mass is 10.1. The van der Waals surface area contributed by atoms with Crippen LogP contribution in [0.25, 0.3) is 0 Å². The number of nitrogens with one attached hydrogen (secondary N) is 1. The van der Waals surface area contributed by atoms with Crippen LogP contribution in [0.1, 0.15) is 42.9 Å². The van der Waals surface area contributed by atoms with E-state index in [2.05, 4.69) is 63.3 Å². The summed E-state index contributed by atoms with van der Waals surface area (Å²) in [6.45, 7) is 6.26. The van der Waals surface area contributed by atoms with Gasteiger partial charge in [0.1, 0.15) is 0 Å². The van der Waals surface area contributed by atoms with Crippen molar-refractivity contribution >= 4 is 15.9 Å². The average Bonchev–Trinajstić information content (AvgIpc) is 2.39. The molecule has 2 aromatic rings. The Morgan fingerprint density at radius 1 is 1.05 bits per heavy atom. The molecule has 0 aliphatic rings. The number of hydrogen-bond acceptors (Lipinski definition) is 3. The minimum absolute atomic E-state index is 0.163. The first-order chi connectivity index (χ1) is 9.09. The van der Waals surface area contributed by atoms with Crippen LogP contribution in [0.5, 0.6) is 0 Å². The Hall–Kier alpha value is -1.26. The Labute approximate surface area is 122 Å². The van der Waals surface area contributed by atoms with Gasteiger partial charge in [-0.15, -0.1) is 0 Å². The largest absolute Gasteiger partial charge is 0.302 e. The lowest BCUT2D eigenvalue weighted by Crippen LogP contribution is -2.24. The molecule has 3 nitrogen and oxygen atoms in total. The molecule has 1 aromatic carbocycles. The van der Waals surface area contributed by atoms with Crippen LogP contribution in [0.15, 0.2) is 41.1 Å². The Morgan fingerprint density at radius 2 is 1.74 bits per heavy atom. The Balaban J connectivity index is 2.13. The highest BCUT2D eigenvalue weighted by molar-refractivity contribution is 9.10. The number of aromatic nitrogens is 2. The zero-order chi connectivity index (χ0) is 13.8. The van der Waals surface area contributed by atoms with Gasteiger partial charge in [-0.2, -0.15) is 0 Å². The second-order valence-corrected chi connectivity index (χ2v) is 5.51. The summed E-state index contributed by atoms with van der Waals surface area (Å²) in [7, 11) is 0. The predicted octanol–water partition coefficient (Wildman–Crippen LogP) is 3.96. The molecule has 1 N–H and O–H groups in total. The normalized spacial score (nSPS) is 14.1. The molecule has 0 spiro atoms. The molecule has 0 radical (unpaired) electrons. The van der Waals surface area contributed by atoms with Gasteiger partial charge >= 0.3 is 0 Å². The van der Waals surface area contributed by atoms with E-state index in [9.17, 15) is 0 Å². The summed E-state index contributed by atoms with van der Waals surface area (Å²) < 4.78 is 1.12. The first-order valence-electron chi connectivity index (χ1n) is 6.37. The van der Waals surface area contributed by atoms with Crippen LogP contribution < -0.4 is 5.32 Å². The maximum atomic E-state index is 4.41. The second-order valence-electron chi connectivity index (χ2n) is 4.66. The fourth-order valence-corrected chi connectivity index (χ4v) is 2.84. The highest BCUT2D eigenvalue weighted by atomic mass is 79.9. The molecule has 0 saturated heterocycles. The maximum Gasteiger partial charge on any atom is 0.0782 e. The van der Waals surface area contributed by atoms with E-state index in [0.29, 0.717) is 0 Å². The first-order valence-corrected chi connectivity index (χ1v) is 7.17. The number of rotatable bonds is 4. The third-order valence-electron chi connectivity index (χ3n) is 3.20. The van der Waals surface area contributed by atoms with Crippen molar-refractivity contribution in [2.24, 2.45) is 0 Å². The summed E-state index contributed by atoms with van der Waals surface area (Å²) in [5, 5.41) is 3.56. The fourth-order valence-electron chi connectivity index (χ4n) is 2.21. The Morgan fingerprint density at radius 3 is 2.42 bits per heavy atom. The van der Waals surface area contributed by atoms with E-state index < -0.39 is 0 Å². The number of hydrogen-bond donors (Lipinski definition) is 1. The molecule has 0 amide bonds. The topological polar surface area (TPSA) is 37.8 Å². The van der Waals surface area contributed by atoms with Crippen molar-refractivity contribution in [2.75, 3.05) is 0 Å². The molecular formula is C15H18BrN3. The predicted molar refractivity (Wildman–Crippen MR) is 80.9 cm³/mol. The van der Waals surface area contributed by atoms with Gasteiger partial charge in [-0.1, -0.05) is 34.1 Å². The first kappa shape index (κ1) is 14.2. The Kier molecular flexibility index (Phi) is 4.66. The van der Waals surface area contributed by atoms with Crippen LogP contribution >= 0.6 is 15.9 Å². The van der Waals surface area contributed by atoms with E-state index in [-0.39, 0.29) is 12.1 Å². The minimum Gasteiger partial charge on any atom is -0.302 e. The molecule has 1 heterocycles. The van der Waals surface area contributed by atoms with E-state index in [1.807, 2.05) is 13.0 Å². The van der Waals surface area contributed by atoms with Crippen molar-refractivity contribution in [1.82, 2.24) is 15.3 Å². The van der Waals surface area contributed by atoms with E-state index >= 15 is 0 Å². The van der Waals surface area contributed by atoms with Crippen molar-refractivity contribution in [2.45, 2.75) is 32.9 Å². The van der Waals surface area contributed by atoms with Crippen molar-refractivity contribution in [3.8, 4) is 0 Å². The Bertz CT molecular complexity index is 507. The van der Waals surface area contributed by atoms with Crippen LogP contribution in [0.2, 0.25) is 0 Å². The molecule has 0 aliphatic heterocycles.